The van der Waals surface area contributed by atoms with Gasteiger partial charge in [0.25, 0.3) is 5.91 Å². The zero-order valence-electron chi connectivity index (χ0n) is 10.6. The number of benzene rings is 1. The van der Waals surface area contributed by atoms with E-state index in [0.29, 0.717) is 6.04 Å². The molecule has 2 N–H and O–H groups in total. The molecule has 1 atom stereocenters. The average Bonchev–Trinajstić information content (AvgIpc) is 2.85. The van der Waals surface area contributed by atoms with Gasteiger partial charge >= 0.3 is 0 Å². The number of amides is 1. The Morgan fingerprint density at radius 1 is 1.56 bits per heavy atom. The molecule has 2 rings (SSSR count). The van der Waals surface area contributed by atoms with Crippen molar-refractivity contribution in [3.8, 4) is 0 Å². The van der Waals surface area contributed by atoms with Crippen molar-refractivity contribution in [2.45, 2.75) is 32.2 Å². The van der Waals surface area contributed by atoms with Crippen LogP contribution in [0.1, 0.15) is 35.2 Å². The van der Waals surface area contributed by atoms with Crippen molar-refractivity contribution in [1.82, 2.24) is 10.6 Å². The van der Waals surface area contributed by atoms with E-state index >= 15 is 0 Å². The molecule has 0 radical (unpaired) electrons. The highest BCUT2D eigenvalue weighted by molar-refractivity contribution is 9.10. The maximum absolute atomic E-state index is 12.0. The van der Waals surface area contributed by atoms with Crippen LogP contribution in [0.15, 0.2) is 22.7 Å². The minimum Gasteiger partial charge on any atom is -0.352 e. The zero-order valence-corrected chi connectivity index (χ0v) is 12.2. The summed E-state index contributed by atoms with van der Waals surface area (Å²) in [6.45, 7) is 3.84. The predicted molar refractivity (Wildman–Crippen MR) is 76.9 cm³/mol. The van der Waals surface area contributed by atoms with Crippen LogP contribution >= 0.6 is 15.9 Å². The first kappa shape index (κ1) is 13.6. The Kier molecular flexibility index (Phi) is 4.78. The van der Waals surface area contributed by atoms with E-state index in [1.54, 1.807) is 0 Å². The molecule has 0 bridgehead atoms. The molecular weight excluding hydrogens is 292 g/mol. The molecule has 0 aliphatic carbocycles. The summed E-state index contributed by atoms with van der Waals surface area (Å²) in [5.41, 5.74) is 1.81. The highest BCUT2D eigenvalue weighted by atomic mass is 79.9. The second-order valence-electron chi connectivity index (χ2n) is 4.82. The summed E-state index contributed by atoms with van der Waals surface area (Å²) in [5, 5.41) is 6.41. The van der Waals surface area contributed by atoms with E-state index in [4.69, 9.17) is 0 Å². The molecule has 1 aromatic rings. The van der Waals surface area contributed by atoms with E-state index in [1.807, 2.05) is 25.1 Å². The van der Waals surface area contributed by atoms with Gasteiger partial charge in [0.2, 0.25) is 0 Å². The number of aryl methyl sites for hydroxylation is 1. The van der Waals surface area contributed by atoms with Crippen LogP contribution < -0.4 is 10.6 Å². The maximum Gasteiger partial charge on any atom is 0.252 e. The summed E-state index contributed by atoms with van der Waals surface area (Å²) in [4.78, 5) is 12.0. The zero-order chi connectivity index (χ0) is 13.0. The lowest BCUT2D eigenvalue weighted by Gasteiger charge is -2.11. The summed E-state index contributed by atoms with van der Waals surface area (Å²) >= 11 is 3.42. The van der Waals surface area contributed by atoms with E-state index in [0.717, 1.165) is 35.1 Å². The van der Waals surface area contributed by atoms with Gasteiger partial charge in [0.1, 0.15) is 0 Å². The monoisotopic (exact) mass is 310 g/mol. The van der Waals surface area contributed by atoms with Gasteiger partial charge in [0, 0.05) is 17.1 Å². The Labute approximate surface area is 116 Å². The summed E-state index contributed by atoms with van der Waals surface area (Å²) in [7, 11) is 0. The number of hydrogen-bond donors (Lipinski definition) is 2. The lowest BCUT2D eigenvalue weighted by molar-refractivity contribution is 0.0951. The third kappa shape index (κ3) is 3.56. The third-order valence-electron chi connectivity index (χ3n) is 3.31. The number of nitrogens with one attached hydrogen (secondary N) is 2. The third-order valence-corrected chi connectivity index (χ3v) is 4.00. The average molecular weight is 311 g/mol. The highest BCUT2D eigenvalue weighted by Crippen LogP contribution is 2.18. The highest BCUT2D eigenvalue weighted by Gasteiger charge is 2.14. The molecule has 3 nitrogen and oxygen atoms in total. The van der Waals surface area contributed by atoms with E-state index in [1.165, 1.54) is 12.8 Å². The van der Waals surface area contributed by atoms with Gasteiger partial charge in [-0.3, -0.25) is 4.79 Å². The van der Waals surface area contributed by atoms with Crippen molar-refractivity contribution in [3.63, 3.8) is 0 Å². The van der Waals surface area contributed by atoms with Crippen molar-refractivity contribution in [3.05, 3.63) is 33.8 Å². The molecule has 1 aliphatic rings. The molecule has 18 heavy (non-hydrogen) atoms. The second kappa shape index (κ2) is 6.34. The first-order valence-electron chi connectivity index (χ1n) is 6.44. The van der Waals surface area contributed by atoms with E-state index < -0.39 is 0 Å². The van der Waals surface area contributed by atoms with Crippen LogP contribution in [0.25, 0.3) is 0 Å². The van der Waals surface area contributed by atoms with Gasteiger partial charge < -0.3 is 10.6 Å². The van der Waals surface area contributed by atoms with Crippen LogP contribution in [-0.2, 0) is 0 Å². The molecule has 1 unspecified atom stereocenters. The molecule has 1 heterocycles. The van der Waals surface area contributed by atoms with Crippen LogP contribution in [0.4, 0.5) is 0 Å². The minimum atomic E-state index is 0.00331. The first-order valence-corrected chi connectivity index (χ1v) is 7.24. The van der Waals surface area contributed by atoms with Gasteiger partial charge in [0.15, 0.2) is 0 Å². The summed E-state index contributed by atoms with van der Waals surface area (Å²) < 4.78 is 0.851. The number of rotatable bonds is 4. The van der Waals surface area contributed by atoms with Crippen molar-refractivity contribution in [2.24, 2.45) is 0 Å². The molecule has 0 aromatic heterocycles. The first-order chi connectivity index (χ1) is 8.66. The number of halogens is 1. The summed E-state index contributed by atoms with van der Waals surface area (Å²) in [6.07, 6.45) is 3.49. The fraction of sp³-hybridized carbons (Fsp3) is 0.500. The molecule has 0 spiro atoms. The molecule has 98 valence electrons. The standard InChI is InChI=1S/C14H19BrN2O/c1-10-4-5-13(15)12(9-10)14(18)17-8-6-11-3-2-7-16-11/h4-5,9,11,16H,2-3,6-8H2,1H3,(H,17,18). The Morgan fingerprint density at radius 3 is 3.11 bits per heavy atom. The van der Waals surface area contributed by atoms with Crippen molar-refractivity contribution < 1.29 is 4.79 Å². The van der Waals surface area contributed by atoms with E-state index in [-0.39, 0.29) is 5.91 Å². The fourth-order valence-corrected chi connectivity index (χ4v) is 2.70. The van der Waals surface area contributed by atoms with Gasteiger partial charge in [-0.05, 0) is 60.8 Å². The molecule has 1 aromatic carbocycles. The van der Waals surface area contributed by atoms with Crippen LogP contribution in [0.5, 0.6) is 0 Å². The van der Waals surface area contributed by atoms with Crippen molar-refractivity contribution >= 4 is 21.8 Å². The quantitative estimate of drug-likeness (QED) is 0.897. The van der Waals surface area contributed by atoms with Crippen LogP contribution in [0.2, 0.25) is 0 Å². The summed E-state index contributed by atoms with van der Waals surface area (Å²) in [5.74, 6) is 0.00331. The van der Waals surface area contributed by atoms with Crippen LogP contribution in [-0.4, -0.2) is 25.0 Å². The van der Waals surface area contributed by atoms with Crippen LogP contribution in [0.3, 0.4) is 0 Å². The molecule has 4 heteroatoms. The number of hydrogen-bond acceptors (Lipinski definition) is 2. The molecular formula is C14H19BrN2O. The van der Waals surface area contributed by atoms with Gasteiger partial charge in [-0.25, -0.2) is 0 Å². The summed E-state index contributed by atoms with van der Waals surface area (Å²) in [6, 6.07) is 6.39. The van der Waals surface area contributed by atoms with Crippen molar-refractivity contribution in [2.75, 3.05) is 13.1 Å². The molecule has 1 fully saturated rings. The SMILES string of the molecule is Cc1ccc(Br)c(C(=O)NCCC2CCCN2)c1. The molecule has 1 aliphatic heterocycles. The second-order valence-corrected chi connectivity index (χ2v) is 5.68. The molecule has 0 saturated carbocycles. The van der Waals surface area contributed by atoms with Gasteiger partial charge in [-0.1, -0.05) is 11.6 Å². The minimum absolute atomic E-state index is 0.00331. The molecule has 1 amide bonds. The van der Waals surface area contributed by atoms with Gasteiger partial charge in [-0.2, -0.15) is 0 Å². The Morgan fingerprint density at radius 2 is 2.39 bits per heavy atom. The van der Waals surface area contributed by atoms with Crippen LogP contribution in [0, 0.1) is 6.92 Å². The maximum atomic E-state index is 12.0. The number of carbonyl (C=O) groups excluding carboxylic acids is 1. The van der Waals surface area contributed by atoms with Gasteiger partial charge in [-0.15, -0.1) is 0 Å². The van der Waals surface area contributed by atoms with E-state index in [2.05, 4.69) is 26.6 Å². The fourth-order valence-electron chi connectivity index (χ4n) is 2.27. The van der Waals surface area contributed by atoms with E-state index in [9.17, 15) is 4.79 Å². The Hall–Kier alpha value is -0.870. The largest absolute Gasteiger partial charge is 0.352 e. The normalized spacial score (nSPS) is 18.9. The lowest BCUT2D eigenvalue weighted by atomic mass is 10.1. The predicted octanol–water partition coefficient (Wildman–Crippen LogP) is 2.63. The molecule has 1 saturated heterocycles. The lowest BCUT2D eigenvalue weighted by Crippen LogP contribution is -2.30. The smallest absolute Gasteiger partial charge is 0.252 e. The van der Waals surface area contributed by atoms with Crippen molar-refractivity contribution in [1.29, 1.82) is 0 Å². The number of carbonyl (C=O) groups is 1. The Bertz CT molecular complexity index is 428. The topological polar surface area (TPSA) is 41.1 Å². The Balaban J connectivity index is 1.85. The van der Waals surface area contributed by atoms with Gasteiger partial charge in [0.05, 0.1) is 5.56 Å².